The smallest absolute Gasteiger partial charge is 0.0931 e. The third-order valence-electron chi connectivity index (χ3n) is 1.85. The van der Waals surface area contributed by atoms with Crippen molar-refractivity contribution in [3.8, 4) is 12.3 Å². The maximum Gasteiger partial charge on any atom is 0.0931 e. The van der Waals surface area contributed by atoms with Crippen LogP contribution in [0.15, 0.2) is 12.1 Å². The van der Waals surface area contributed by atoms with Gasteiger partial charge in [0.1, 0.15) is 0 Å². The summed E-state index contributed by atoms with van der Waals surface area (Å²) in [6.45, 7) is 2.15. The topological polar surface area (TPSA) is 0 Å². The first-order valence-electron chi connectivity index (χ1n) is 3.96. The van der Waals surface area contributed by atoms with Gasteiger partial charge in [0.2, 0.25) is 0 Å². The van der Waals surface area contributed by atoms with E-state index < -0.39 is 0 Å². The number of hydrogen-bond donors (Lipinski definition) is 0. The van der Waals surface area contributed by atoms with Crippen LogP contribution in [-0.4, -0.2) is 0 Å². The van der Waals surface area contributed by atoms with Crippen molar-refractivity contribution in [2.45, 2.75) is 25.7 Å². The van der Waals surface area contributed by atoms with Crippen molar-refractivity contribution in [2.24, 2.45) is 0 Å². The molecule has 0 aromatic carbocycles. The summed E-state index contributed by atoms with van der Waals surface area (Å²) in [6.07, 6.45) is 7.17. The number of hydrogen-bond acceptors (Lipinski definition) is 1. The second kappa shape index (κ2) is 4.54. The van der Waals surface area contributed by atoms with Crippen LogP contribution in [0.1, 0.15) is 30.6 Å². The predicted octanol–water partition coefficient (Wildman–Crippen LogP) is 3.92. The molecule has 0 nitrogen and oxygen atoms in total. The van der Waals surface area contributed by atoms with Crippen molar-refractivity contribution < 1.29 is 0 Å². The van der Waals surface area contributed by atoms with E-state index in [2.05, 4.69) is 18.9 Å². The number of halogens is 1. The molecule has 0 spiro atoms. The summed E-state index contributed by atoms with van der Waals surface area (Å²) in [7, 11) is 0. The molecule has 1 aromatic rings. The quantitative estimate of drug-likeness (QED) is 0.646. The van der Waals surface area contributed by atoms with E-state index in [1.165, 1.54) is 4.88 Å². The van der Waals surface area contributed by atoms with Gasteiger partial charge >= 0.3 is 0 Å². The standard InChI is InChI=1S/C10H11ClS/c1-3-5-8(4-2)9-6-7-10(11)12-9/h1,6-8H,4-5H2,2H3. The molecule has 0 radical (unpaired) electrons. The minimum absolute atomic E-state index is 0.493. The Bertz CT molecular complexity index is 282. The first-order valence-corrected chi connectivity index (χ1v) is 5.16. The molecule has 1 unspecified atom stereocenters. The van der Waals surface area contributed by atoms with Gasteiger partial charge in [0.15, 0.2) is 0 Å². The highest BCUT2D eigenvalue weighted by molar-refractivity contribution is 7.16. The molecule has 0 bridgehead atoms. The average Bonchev–Trinajstić information content (AvgIpc) is 2.47. The maximum absolute atomic E-state index is 5.83. The van der Waals surface area contributed by atoms with E-state index in [9.17, 15) is 0 Å². The van der Waals surface area contributed by atoms with Gasteiger partial charge in [-0.1, -0.05) is 18.5 Å². The highest BCUT2D eigenvalue weighted by Crippen LogP contribution is 2.31. The van der Waals surface area contributed by atoms with Crippen molar-refractivity contribution >= 4 is 22.9 Å². The second-order valence-electron chi connectivity index (χ2n) is 2.66. The zero-order valence-corrected chi connectivity index (χ0v) is 8.58. The van der Waals surface area contributed by atoms with E-state index >= 15 is 0 Å². The van der Waals surface area contributed by atoms with Crippen LogP contribution >= 0.6 is 22.9 Å². The zero-order chi connectivity index (χ0) is 8.97. The molecule has 1 heterocycles. The Kier molecular flexibility index (Phi) is 3.65. The van der Waals surface area contributed by atoms with Gasteiger partial charge in [0.25, 0.3) is 0 Å². The molecule has 0 saturated heterocycles. The van der Waals surface area contributed by atoms with Gasteiger partial charge in [-0.15, -0.1) is 23.7 Å². The summed E-state index contributed by atoms with van der Waals surface area (Å²) >= 11 is 7.46. The Hall–Kier alpha value is -0.450. The van der Waals surface area contributed by atoms with E-state index in [-0.39, 0.29) is 0 Å². The van der Waals surface area contributed by atoms with Crippen LogP contribution in [0.3, 0.4) is 0 Å². The van der Waals surface area contributed by atoms with Crippen molar-refractivity contribution in [1.29, 1.82) is 0 Å². The third-order valence-corrected chi connectivity index (χ3v) is 3.25. The third kappa shape index (κ3) is 2.27. The maximum atomic E-state index is 5.83. The van der Waals surface area contributed by atoms with Crippen molar-refractivity contribution in [2.75, 3.05) is 0 Å². The van der Waals surface area contributed by atoms with Gasteiger partial charge in [-0.3, -0.25) is 0 Å². The van der Waals surface area contributed by atoms with Crippen molar-refractivity contribution in [3.05, 3.63) is 21.3 Å². The summed E-state index contributed by atoms with van der Waals surface area (Å²) in [6, 6.07) is 4.00. The minimum atomic E-state index is 0.493. The van der Waals surface area contributed by atoms with Crippen LogP contribution in [0.2, 0.25) is 4.34 Å². The molecule has 1 rings (SSSR count). The van der Waals surface area contributed by atoms with Gasteiger partial charge in [0.05, 0.1) is 4.34 Å². The van der Waals surface area contributed by atoms with E-state index in [1.807, 2.05) is 6.07 Å². The first-order chi connectivity index (χ1) is 5.77. The van der Waals surface area contributed by atoms with E-state index in [1.54, 1.807) is 11.3 Å². The minimum Gasteiger partial charge on any atom is -0.128 e. The molecule has 1 atom stereocenters. The van der Waals surface area contributed by atoms with E-state index in [4.69, 9.17) is 18.0 Å². The fourth-order valence-corrected chi connectivity index (χ4v) is 2.38. The molecule has 64 valence electrons. The van der Waals surface area contributed by atoms with Gasteiger partial charge in [0, 0.05) is 17.2 Å². The predicted molar refractivity (Wildman–Crippen MR) is 55.8 cm³/mol. The van der Waals surface area contributed by atoms with Gasteiger partial charge < -0.3 is 0 Å². The van der Waals surface area contributed by atoms with Crippen LogP contribution in [-0.2, 0) is 0 Å². The average molecular weight is 199 g/mol. The van der Waals surface area contributed by atoms with Crippen LogP contribution in [0.25, 0.3) is 0 Å². The lowest BCUT2D eigenvalue weighted by atomic mass is 10.0. The van der Waals surface area contributed by atoms with Crippen LogP contribution < -0.4 is 0 Å². The van der Waals surface area contributed by atoms with Crippen LogP contribution in [0.5, 0.6) is 0 Å². The molecule has 0 aliphatic carbocycles. The Labute approximate surface area is 82.6 Å². The molecule has 0 N–H and O–H groups in total. The Morgan fingerprint density at radius 1 is 1.67 bits per heavy atom. The van der Waals surface area contributed by atoms with Gasteiger partial charge in [-0.25, -0.2) is 0 Å². The number of thiophene rings is 1. The molecule has 1 aromatic heterocycles. The van der Waals surface area contributed by atoms with Crippen molar-refractivity contribution in [1.82, 2.24) is 0 Å². The van der Waals surface area contributed by atoms with E-state index in [0.717, 1.165) is 17.2 Å². The highest BCUT2D eigenvalue weighted by Gasteiger charge is 2.09. The second-order valence-corrected chi connectivity index (χ2v) is 4.40. The summed E-state index contributed by atoms with van der Waals surface area (Å²) in [5, 5.41) is 0. The fourth-order valence-electron chi connectivity index (χ4n) is 1.14. The SMILES string of the molecule is C#CCC(CC)c1ccc(Cl)s1. The lowest BCUT2D eigenvalue weighted by molar-refractivity contribution is 0.698. The first kappa shape index (κ1) is 9.64. The van der Waals surface area contributed by atoms with Gasteiger partial charge in [-0.2, -0.15) is 0 Å². The lowest BCUT2D eigenvalue weighted by Gasteiger charge is -2.07. The fraction of sp³-hybridized carbons (Fsp3) is 0.400. The molecule has 0 saturated carbocycles. The summed E-state index contributed by atoms with van der Waals surface area (Å²) in [5.74, 6) is 3.18. The molecule has 2 heteroatoms. The molecular formula is C10H11ClS. The van der Waals surface area contributed by atoms with Crippen molar-refractivity contribution in [3.63, 3.8) is 0 Å². The molecule has 0 fully saturated rings. The molecule has 0 aliphatic rings. The largest absolute Gasteiger partial charge is 0.128 e. The summed E-state index contributed by atoms with van der Waals surface area (Å²) in [4.78, 5) is 1.31. The Balaban J connectivity index is 2.74. The zero-order valence-electron chi connectivity index (χ0n) is 7.01. The molecule has 0 amide bonds. The van der Waals surface area contributed by atoms with Crippen LogP contribution in [0.4, 0.5) is 0 Å². The molecule has 0 aliphatic heterocycles. The molecule has 12 heavy (non-hydrogen) atoms. The lowest BCUT2D eigenvalue weighted by Crippen LogP contribution is -1.91. The Morgan fingerprint density at radius 3 is 2.83 bits per heavy atom. The molecular weight excluding hydrogens is 188 g/mol. The number of rotatable bonds is 3. The van der Waals surface area contributed by atoms with Crippen LogP contribution in [0, 0.1) is 12.3 Å². The normalized spacial score (nSPS) is 12.4. The summed E-state index contributed by atoms with van der Waals surface area (Å²) < 4.78 is 0.848. The Morgan fingerprint density at radius 2 is 2.42 bits per heavy atom. The van der Waals surface area contributed by atoms with E-state index in [0.29, 0.717) is 5.92 Å². The highest BCUT2D eigenvalue weighted by atomic mass is 35.5. The van der Waals surface area contributed by atoms with Gasteiger partial charge in [-0.05, 0) is 18.6 Å². The number of terminal acetylenes is 1. The monoisotopic (exact) mass is 198 g/mol. The summed E-state index contributed by atoms with van der Waals surface area (Å²) in [5.41, 5.74) is 0.